The lowest BCUT2D eigenvalue weighted by atomic mass is 9.75. The highest BCUT2D eigenvalue weighted by Crippen LogP contribution is 2.34. The summed E-state index contributed by atoms with van der Waals surface area (Å²) in [5.74, 6) is -0.698. The van der Waals surface area contributed by atoms with E-state index >= 15 is 0 Å². The maximum Gasteiger partial charge on any atom is 0.329 e. The zero-order valence-electron chi connectivity index (χ0n) is 11.9. The fourth-order valence-electron chi connectivity index (χ4n) is 2.46. The van der Waals surface area contributed by atoms with Gasteiger partial charge in [0.05, 0.1) is 0 Å². The van der Waals surface area contributed by atoms with Crippen molar-refractivity contribution in [2.75, 3.05) is 0 Å². The third-order valence-electron chi connectivity index (χ3n) is 4.26. The summed E-state index contributed by atoms with van der Waals surface area (Å²) in [6, 6.07) is 0. The van der Waals surface area contributed by atoms with Gasteiger partial charge in [-0.05, 0) is 25.2 Å². The van der Waals surface area contributed by atoms with Gasteiger partial charge in [0.25, 0.3) is 0 Å². The summed E-state index contributed by atoms with van der Waals surface area (Å²) < 4.78 is 0. The number of amides is 1. The van der Waals surface area contributed by atoms with Gasteiger partial charge in [0.1, 0.15) is 5.54 Å². The topological polar surface area (TPSA) is 66.4 Å². The third kappa shape index (κ3) is 3.03. The lowest BCUT2D eigenvalue weighted by Crippen LogP contribution is -2.59. The van der Waals surface area contributed by atoms with Gasteiger partial charge in [0.2, 0.25) is 5.91 Å². The average Bonchev–Trinajstić information content (AvgIpc) is 2.28. The number of carboxylic acid groups (broad SMARTS) is 1. The van der Waals surface area contributed by atoms with Crippen LogP contribution in [0.1, 0.15) is 59.8 Å². The average molecular weight is 255 g/mol. The molecular weight excluding hydrogens is 230 g/mol. The number of carbonyl (C=O) groups excluding carboxylic acids is 1. The maximum absolute atomic E-state index is 12.2. The largest absolute Gasteiger partial charge is 0.480 e. The van der Waals surface area contributed by atoms with Crippen LogP contribution in [0.4, 0.5) is 0 Å². The van der Waals surface area contributed by atoms with Gasteiger partial charge in [0.15, 0.2) is 0 Å². The third-order valence-corrected chi connectivity index (χ3v) is 4.26. The van der Waals surface area contributed by atoms with E-state index in [1.54, 1.807) is 0 Å². The molecule has 0 aromatic heterocycles. The van der Waals surface area contributed by atoms with E-state index in [1.165, 1.54) is 0 Å². The molecular formula is C14H25NO3. The Balaban J connectivity index is 2.87. The van der Waals surface area contributed by atoms with Gasteiger partial charge >= 0.3 is 5.97 Å². The van der Waals surface area contributed by atoms with Crippen LogP contribution in [0.2, 0.25) is 0 Å². The first kappa shape index (κ1) is 15.0. The van der Waals surface area contributed by atoms with E-state index in [2.05, 4.69) is 5.32 Å². The van der Waals surface area contributed by atoms with Gasteiger partial charge in [-0.15, -0.1) is 0 Å². The first-order valence-electron chi connectivity index (χ1n) is 6.79. The van der Waals surface area contributed by atoms with Crippen molar-refractivity contribution in [3.8, 4) is 0 Å². The van der Waals surface area contributed by atoms with E-state index in [9.17, 15) is 14.7 Å². The van der Waals surface area contributed by atoms with Crippen LogP contribution in [0.3, 0.4) is 0 Å². The molecule has 1 fully saturated rings. The first-order valence-corrected chi connectivity index (χ1v) is 6.79. The molecule has 2 unspecified atom stereocenters. The van der Waals surface area contributed by atoms with E-state index < -0.39 is 16.9 Å². The number of nitrogens with one attached hydrogen (secondary N) is 1. The maximum atomic E-state index is 12.2. The Labute approximate surface area is 109 Å². The van der Waals surface area contributed by atoms with E-state index in [1.807, 2.05) is 27.7 Å². The quantitative estimate of drug-likeness (QED) is 0.811. The lowest BCUT2D eigenvalue weighted by Gasteiger charge is -2.39. The molecule has 0 aliphatic heterocycles. The summed E-state index contributed by atoms with van der Waals surface area (Å²) in [4.78, 5) is 23.8. The summed E-state index contributed by atoms with van der Waals surface area (Å²) >= 11 is 0. The Bertz CT molecular complexity index is 338. The molecule has 0 saturated heterocycles. The molecule has 1 aliphatic carbocycles. The van der Waals surface area contributed by atoms with Crippen molar-refractivity contribution < 1.29 is 14.7 Å². The fourth-order valence-corrected chi connectivity index (χ4v) is 2.46. The van der Waals surface area contributed by atoms with E-state index in [-0.39, 0.29) is 5.91 Å². The fraction of sp³-hybridized carbons (Fsp3) is 0.857. The molecule has 0 aromatic rings. The molecule has 4 nitrogen and oxygen atoms in total. The number of aliphatic carboxylic acids is 1. The van der Waals surface area contributed by atoms with E-state index in [0.29, 0.717) is 25.2 Å². The van der Waals surface area contributed by atoms with E-state index in [4.69, 9.17) is 0 Å². The standard InChI is InChI=1S/C14H25NO3/c1-5-13(3,4)11(16)15-14(12(17)18)8-6-7-10(2)9-14/h10H,5-9H2,1-4H3,(H,15,16)(H,17,18). The first-order chi connectivity index (χ1) is 8.23. The second kappa shape index (κ2) is 5.29. The monoisotopic (exact) mass is 255 g/mol. The van der Waals surface area contributed by atoms with Crippen LogP contribution in [0.15, 0.2) is 0 Å². The van der Waals surface area contributed by atoms with Crippen LogP contribution in [0.5, 0.6) is 0 Å². The number of carboxylic acids is 1. The predicted molar refractivity (Wildman–Crippen MR) is 70.2 cm³/mol. The van der Waals surface area contributed by atoms with E-state index in [0.717, 1.165) is 12.8 Å². The summed E-state index contributed by atoms with van der Waals surface area (Å²) in [5, 5.41) is 12.3. The predicted octanol–water partition coefficient (Wildman–Crippen LogP) is 2.57. The molecule has 0 bridgehead atoms. The number of hydrogen-bond acceptors (Lipinski definition) is 2. The smallest absolute Gasteiger partial charge is 0.329 e. The van der Waals surface area contributed by atoms with Gasteiger partial charge in [-0.2, -0.15) is 0 Å². The van der Waals surface area contributed by atoms with Crippen LogP contribution >= 0.6 is 0 Å². The molecule has 0 aromatic carbocycles. The van der Waals surface area contributed by atoms with Gasteiger partial charge in [0, 0.05) is 5.41 Å². The summed E-state index contributed by atoms with van der Waals surface area (Å²) in [6.07, 6.45) is 3.68. The van der Waals surface area contributed by atoms with Crippen LogP contribution < -0.4 is 5.32 Å². The van der Waals surface area contributed by atoms with Crippen molar-refractivity contribution >= 4 is 11.9 Å². The molecule has 1 rings (SSSR count). The lowest BCUT2D eigenvalue weighted by molar-refractivity contribution is -0.151. The van der Waals surface area contributed by atoms with Crippen LogP contribution in [0.25, 0.3) is 0 Å². The molecule has 2 N–H and O–H groups in total. The molecule has 2 atom stereocenters. The minimum absolute atomic E-state index is 0.151. The number of hydrogen-bond donors (Lipinski definition) is 2. The summed E-state index contributed by atoms with van der Waals surface area (Å²) in [5.41, 5.74) is -1.57. The second-order valence-electron chi connectivity index (χ2n) is 6.28. The number of carbonyl (C=O) groups is 2. The SMILES string of the molecule is CCC(C)(C)C(=O)NC1(C(=O)O)CCCC(C)C1. The molecule has 0 radical (unpaired) electrons. The minimum Gasteiger partial charge on any atom is -0.480 e. The molecule has 0 heterocycles. The highest BCUT2D eigenvalue weighted by molar-refractivity contribution is 5.89. The Hall–Kier alpha value is -1.06. The highest BCUT2D eigenvalue weighted by atomic mass is 16.4. The van der Waals surface area contributed by atoms with Crippen molar-refractivity contribution in [2.24, 2.45) is 11.3 Å². The van der Waals surface area contributed by atoms with Crippen molar-refractivity contribution in [2.45, 2.75) is 65.3 Å². The summed E-state index contributed by atoms with van der Waals surface area (Å²) in [7, 11) is 0. The van der Waals surface area contributed by atoms with Gasteiger partial charge in [-0.3, -0.25) is 4.79 Å². The molecule has 4 heteroatoms. The molecule has 0 spiro atoms. The molecule has 18 heavy (non-hydrogen) atoms. The molecule has 104 valence electrons. The van der Waals surface area contributed by atoms with Crippen LogP contribution in [0, 0.1) is 11.3 Å². The Morgan fingerprint density at radius 3 is 2.50 bits per heavy atom. The molecule has 1 amide bonds. The Kier molecular flexibility index (Phi) is 4.41. The zero-order valence-corrected chi connectivity index (χ0v) is 11.9. The van der Waals surface area contributed by atoms with Crippen molar-refractivity contribution in [3.63, 3.8) is 0 Å². The van der Waals surface area contributed by atoms with Crippen molar-refractivity contribution in [1.82, 2.24) is 5.32 Å². The van der Waals surface area contributed by atoms with Gasteiger partial charge < -0.3 is 10.4 Å². The summed E-state index contributed by atoms with van der Waals surface area (Å²) in [6.45, 7) is 7.69. The van der Waals surface area contributed by atoms with Gasteiger partial charge in [-0.25, -0.2) is 4.79 Å². The normalized spacial score (nSPS) is 28.8. The van der Waals surface area contributed by atoms with Crippen molar-refractivity contribution in [3.05, 3.63) is 0 Å². The van der Waals surface area contributed by atoms with Crippen molar-refractivity contribution in [1.29, 1.82) is 0 Å². The molecule has 1 saturated carbocycles. The Morgan fingerprint density at radius 2 is 2.06 bits per heavy atom. The number of rotatable bonds is 4. The second-order valence-corrected chi connectivity index (χ2v) is 6.28. The minimum atomic E-state index is -1.05. The Morgan fingerprint density at radius 1 is 1.44 bits per heavy atom. The zero-order chi connectivity index (χ0) is 14.0. The van der Waals surface area contributed by atoms with Crippen LogP contribution in [-0.2, 0) is 9.59 Å². The molecule has 1 aliphatic rings. The van der Waals surface area contributed by atoms with Crippen LogP contribution in [-0.4, -0.2) is 22.5 Å². The van der Waals surface area contributed by atoms with Gasteiger partial charge in [-0.1, -0.05) is 40.5 Å². The highest BCUT2D eigenvalue weighted by Gasteiger charge is 2.45.